The van der Waals surface area contributed by atoms with E-state index in [1.54, 1.807) is 27.7 Å². The van der Waals surface area contributed by atoms with Crippen LogP contribution in [0.1, 0.15) is 73.1 Å². The summed E-state index contributed by atoms with van der Waals surface area (Å²) in [5, 5.41) is 5.17. The standard InChI is InChI=1S/C19H36N2O5/c1-6-7-8-9-10-11-12-20-17(23)15(2)14-25-16(22)13-21-18(24)26-19(3,4)5/h15H,6-14H2,1-5H3,(H,20,23)(H,21,24)/t15-/m0/s1. The molecule has 0 heterocycles. The topological polar surface area (TPSA) is 93.7 Å². The van der Waals surface area contributed by atoms with Crippen molar-refractivity contribution in [3.05, 3.63) is 0 Å². The molecule has 0 radical (unpaired) electrons. The second-order valence-corrected chi connectivity index (χ2v) is 7.50. The molecular formula is C19H36N2O5. The molecule has 0 fully saturated rings. The van der Waals surface area contributed by atoms with Crippen molar-refractivity contribution < 1.29 is 23.9 Å². The SMILES string of the molecule is CCCCCCCCNC(=O)[C@@H](C)COC(=O)CNC(=O)OC(C)(C)C. The number of carbonyl (C=O) groups is 3. The third kappa shape index (κ3) is 14.5. The first-order valence-corrected chi connectivity index (χ1v) is 9.56. The zero-order valence-electron chi connectivity index (χ0n) is 17.0. The van der Waals surface area contributed by atoms with Crippen LogP contribution in [0.5, 0.6) is 0 Å². The van der Waals surface area contributed by atoms with Gasteiger partial charge in [0.15, 0.2) is 0 Å². The largest absolute Gasteiger partial charge is 0.464 e. The molecule has 7 nitrogen and oxygen atoms in total. The molecule has 0 rings (SSSR count). The van der Waals surface area contributed by atoms with Crippen molar-refractivity contribution in [2.24, 2.45) is 5.92 Å². The Labute approximate surface area is 157 Å². The molecule has 2 N–H and O–H groups in total. The van der Waals surface area contributed by atoms with Gasteiger partial charge in [0, 0.05) is 6.54 Å². The zero-order chi connectivity index (χ0) is 20.0. The fraction of sp³-hybridized carbons (Fsp3) is 0.842. The van der Waals surface area contributed by atoms with Gasteiger partial charge in [0.25, 0.3) is 0 Å². The predicted octanol–water partition coefficient (Wildman–Crippen LogP) is 3.17. The third-order valence-corrected chi connectivity index (χ3v) is 3.55. The molecule has 0 aliphatic carbocycles. The van der Waals surface area contributed by atoms with E-state index in [0.29, 0.717) is 6.54 Å². The van der Waals surface area contributed by atoms with E-state index < -0.39 is 23.6 Å². The van der Waals surface area contributed by atoms with Crippen LogP contribution in [0, 0.1) is 5.92 Å². The molecule has 0 saturated heterocycles. The lowest BCUT2D eigenvalue weighted by Gasteiger charge is -2.19. The van der Waals surface area contributed by atoms with Crippen LogP contribution in [0.3, 0.4) is 0 Å². The summed E-state index contributed by atoms with van der Waals surface area (Å²) in [5.74, 6) is -1.17. The molecule has 0 unspecified atom stereocenters. The molecule has 0 aliphatic heterocycles. The van der Waals surface area contributed by atoms with Gasteiger partial charge in [-0.15, -0.1) is 0 Å². The number of hydrogen-bond acceptors (Lipinski definition) is 5. The van der Waals surface area contributed by atoms with E-state index in [0.717, 1.165) is 12.8 Å². The molecule has 7 heteroatoms. The summed E-state index contributed by atoms with van der Waals surface area (Å²) >= 11 is 0. The van der Waals surface area contributed by atoms with Crippen LogP contribution < -0.4 is 10.6 Å². The Morgan fingerprint density at radius 1 is 0.962 bits per heavy atom. The van der Waals surface area contributed by atoms with Gasteiger partial charge >= 0.3 is 12.1 Å². The average Bonchev–Trinajstić information content (AvgIpc) is 2.55. The van der Waals surface area contributed by atoms with Gasteiger partial charge in [-0.2, -0.15) is 0 Å². The first-order valence-electron chi connectivity index (χ1n) is 9.56. The van der Waals surface area contributed by atoms with E-state index in [9.17, 15) is 14.4 Å². The fourth-order valence-corrected chi connectivity index (χ4v) is 2.09. The highest BCUT2D eigenvalue weighted by molar-refractivity contribution is 5.80. The Balaban J connectivity index is 3.78. The summed E-state index contributed by atoms with van der Waals surface area (Å²) in [5.41, 5.74) is -0.628. The van der Waals surface area contributed by atoms with Gasteiger partial charge in [-0.05, 0) is 27.2 Å². The molecule has 0 spiro atoms. The van der Waals surface area contributed by atoms with Crippen LogP contribution in [0.25, 0.3) is 0 Å². The minimum Gasteiger partial charge on any atom is -0.464 e. The fourth-order valence-electron chi connectivity index (χ4n) is 2.09. The molecule has 0 aliphatic rings. The molecule has 1 atom stereocenters. The monoisotopic (exact) mass is 372 g/mol. The van der Waals surface area contributed by atoms with Crippen LogP contribution in [-0.4, -0.2) is 43.3 Å². The van der Waals surface area contributed by atoms with Crippen molar-refractivity contribution >= 4 is 18.0 Å². The molecule has 0 aromatic rings. The maximum absolute atomic E-state index is 11.9. The Hall–Kier alpha value is -1.79. The number of esters is 1. The summed E-state index contributed by atoms with van der Waals surface area (Å²) in [6, 6.07) is 0. The Morgan fingerprint density at radius 3 is 2.19 bits per heavy atom. The van der Waals surface area contributed by atoms with E-state index in [-0.39, 0.29) is 19.1 Å². The lowest BCUT2D eigenvalue weighted by Crippen LogP contribution is -2.37. The second kappa shape index (κ2) is 13.4. The number of nitrogens with one attached hydrogen (secondary N) is 2. The number of carbonyl (C=O) groups excluding carboxylic acids is 3. The minimum absolute atomic E-state index is 0.0167. The molecule has 26 heavy (non-hydrogen) atoms. The minimum atomic E-state index is -0.681. The van der Waals surface area contributed by atoms with Crippen LogP contribution in [0.2, 0.25) is 0 Å². The highest BCUT2D eigenvalue weighted by Crippen LogP contribution is 2.06. The van der Waals surface area contributed by atoms with Crippen molar-refractivity contribution in [3.63, 3.8) is 0 Å². The van der Waals surface area contributed by atoms with E-state index in [1.807, 2.05) is 0 Å². The lowest BCUT2D eigenvalue weighted by molar-refractivity contribution is -0.145. The van der Waals surface area contributed by atoms with Crippen molar-refractivity contribution in [2.45, 2.75) is 78.7 Å². The van der Waals surface area contributed by atoms with E-state index in [4.69, 9.17) is 9.47 Å². The van der Waals surface area contributed by atoms with E-state index >= 15 is 0 Å². The molecule has 0 aromatic heterocycles. The van der Waals surface area contributed by atoms with Crippen LogP contribution in [0.4, 0.5) is 4.79 Å². The Morgan fingerprint density at radius 2 is 1.58 bits per heavy atom. The quantitative estimate of drug-likeness (QED) is 0.405. The Kier molecular flexibility index (Phi) is 12.5. The number of alkyl carbamates (subject to hydrolysis) is 1. The summed E-state index contributed by atoms with van der Waals surface area (Å²) in [4.78, 5) is 35.0. The summed E-state index contributed by atoms with van der Waals surface area (Å²) in [6.45, 7) is 9.41. The van der Waals surface area contributed by atoms with Gasteiger partial charge in [0.2, 0.25) is 5.91 Å². The zero-order valence-corrected chi connectivity index (χ0v) is 17.0. The predicted molar refractivity (Wildman–Crippen MR) is 101 cm³/mol. The third-order valence-electron chi connectivity index (χ3n) is 3.55. The maximum Gasteiger partial charge on any atom is 0.408 e. The van der Waals surface area contributed by atoms with Gasteiger partial charge < -0.3 is 20.1 Å². The maximum atomic E-state index is 11.9. The van der Waals surface area contributed by atoms with Gasteiger partial charge in [0.05, 0.1) is 5.92 Å². The molecule has 0 aromatic carbocycles. The van der Waals surface area contributed by atoms with Crippen molar-refractivity contribution in [3.8, 4) is 0 Å². The van der Waals surface area contributed by atoms with Crippen LogP contribution in [-0.2, 0) is 19.1 Å². The normalized spacial score (nSPS) is 12.2. The van der Waals surface area contributed by atoms with E-state index in [1.165, 1.54) is 25.7 Å². The number of amides is 2. The smallest absolute Gasteiger partial charge is 0.408 e. The number of hydrogen-bond donors (Lipinski definition) is 2. The summed E-state index contributed by atoms with van der Waals surface area (Å²) in [7, 11) is 0. The summed E-state index contributed by atoms with van der Waals surface area (Å²) in [6.07, 6.45) is 6.31. The Bertz CT molecular complexity index is 432. The first-order chi connectivity index (χ1) is 12.2. The molecule has 0 saturated carbocycles. The van der Waals surface area contributed by atoms with Gasteiger partial charge in [-0.25, -0.2) is 4.79 Å². The lowest BCUT2D eigenvalue weighted by atomic mass is 10.1. The number of ether oxygens (including phenoxy) is 2. The second-order valence-electron chi connectivity index (χ2n) is 7.50. The van der Waals surface area contributed by atoms with Gasteiger partial charge in [-0.3, -0.25) is 9.59 Å². The molecule has 0 bridgehead atoms. The number of rotatable bonds is 12. The highest BCUT2D eigenvalue weighted by Gasteiger charge is 2.18. The van der Waals surface area contributed by atoms with E-state index in [2.05, 4.69) is 17.6 Å². The summed E-state index contributed by atoms with van der Waals surface area (Å²) < 4.78 is 10.0. The van der Waals surface area contributed by atoms with Crippen LogP contribution in [0.15, 0.2) is 0 Å². The number of unbranched alkanes of at least 4 members (excludes halogenated alkanes) is 5. The van der Waals surface area contributed by atoms with Crippen molar-refractivity contribution in [1.29, 1.82) is 0 Å². The van der Waals surface area contributed by atoms with Crippen molar-refractivity contribution in [2.75, 3.05) is 19.7 Å². The molecule has 2 amide bonds. The molecule has 152 valence electrons. The van der Waals surface area contributed by atoms with Gasteiger partial charge in [0.1, 0.15) is 18.8 Å². The first kappa shape index (κ1) is 24.2. The van der Waals surface area contributed by atoms with Crippen LogP contribution >= 0.6 is 0 Å². The van der Waals surface area contributed by atoms with Gasteiger partial charge in [-0.1, -0.05) is 46.0 Å². The molecular weight excluding hydrogens is 336 g/mol. The average molecular weight is 373 g/mol. The van der Waals surface area contributed by atoms with Crippen molar-refractivity contribution in [1.82, 2.24) is 10.6 Å². The highest BCUT2D eigenvalue weighted by atomic mass is 16.6.